The minimum atomic E-state index is -3.10. The molecule has 0 aliphatic carbocycles. The highest BCUT2D eigenvalue weighted by atomic mass is 32.2. The summed E-state index contributed by atoms with van der Waals surface area (Å²) in [7, 11) is -3.10. The second-order valence-corrected chi connectivity index (χ2v) is 9.12. The number of benzene rings is 1. The van der Waals surface area contributed by atoms with Crippen molar-refractivity contribution in [3.8, 4) is 0 Å². The van der Waals surface area contributed by atoms with Gasteiger partial charge >= 0.3 is 6.03 Å². The van der Waals surface area contributed by atoms with Crippen molar-refractivity contribution in [2.45, 2.75) is 38.8 Å². The van der Waals surface area contributed by atoms with Crippen LogP contribution in [0.1, 0.15) is 31.4 Å². The van der Waals surface area contributed by atoms with Crippen molar-refractivity contribution in [2.24, 2.45) is 0 Å². The van der Waals surface area contributed by atoms with Gasteiger partial charge in [0.05, 0.1) is 23.7 Å². The molecule has 7 heteroatoms. The van der Waals surface area contributed by atoms with Gasteiger partial charge < -0.3 is 15.3 Å². The number of sulfone groups is 1. The Labute approximate surface area is 143 Å². The van der Waals surface area contributed by atoms with Crippen molar-refractivity contribution in [1.82, 2.24) is 10.2 Å². The maximum absolute atomic E-state index is 12.7. The number of carbonyl (C=O) groups excluding carboxylic acids is 1. The smallest absolute Gasteiger partial charge is 0.318 e. The normalized spacial score (nSPS) is 19.9. The minimum absolute atomic E-state index is 0.0363. The maximum atomic E-state index is 12.7. The van der Waals surface area contributed by atoms with Gasteiger partial charge in [0.1, 0.15) is 0 Å². The molecule has 0 bridgehead atoms. The average Bonchev–Trinajstić information content (AvgIpc) is 2.84. The fraction of sp³-hybridized carbons (Fsp3) is 0.588. The molecule has 1 aromatic rings. The van der Waals surface area contributed by atoms with Gasteiger partial charge in [0.2, 0.25) is 0 Å². The zero-order valence-corrected chi connectivity index (χ0v) is 15.3. The first-order chi connectivity index (χ1) is 11.1. The zero-order valence-electron chi connectivity index (χ0n) is 14.4. The van der Waals surface area contributed by atoms with E-state index in [4.69, 9.17) is 0 Å². The quantitative estimate of drug-likeness (QED) is 0.837. The highest BCUT2D eigenvalue weighted by Crippen LogP contribution is 2.23. The number of carbonyl (C=O) groups is 1. The van der Waals surface area contributed by atoms with E-state index in [2.05, 4.69) is 5.32 Å². The van der Waals surface area contributed by atoms with Crippen molar-refractivity contribution in [3.63, 3.8) is 0 Å². The summed E-state index contributed by atoms with van der Waals surface area (Å²) < 4.78 is 23.4. The third kappa shape index (κ3) is 4.48. The molecule has 1 aromatic carbocycles. The first-order valence-corrected chi connectivity index (χ1v) is 9.94. The predicted octanol–water partition coefficient (Wildman–Crippen LogP) is 1.42. The molecule has 1 aliphatic rings. The molecule has 2 rings (SSSR count). The summed E-state index contributed by atoms with van der Waals surface area (Å²) in [6, 6.07) is 7.17. The fourth-order valence-corrected chi connectivity index (χ4v) is 4.69. The summed E-state index contributed by atoms with van der Waals surface area (Å²) in [4.78, 5) is 14.1. The lowest BCUT2D eigenvalue weighted by Gasteiger charge is -2.34. The molecule has 2 N–H and O–H groups in total. The second kappa shape index (κ2) is 7.11. The standard InChI is InChI=1S/C17H26N2O4S/c1-13-4-6-14(7-5-13)17(2,3)18-16(21)19(9-10-20)15-8-11-24(22,23)12-15/h4-7,15,20H,8-12H2,1-3H3,(H,18,21)/t15-/m1/s1. The van der Waals surface area contributed by atoms with E-state index in [-0.39, 0.29) is 36.7 Å². The van der Waals surface area contributed by atoms with Gasteiger partial charge in [0.15, 0.2) is 9.84 Å². The van der Waals surface area contributed by atoms with E-state index in [1.807, 2.05) is 45.0 Å². The highest BCUT2D eigenvalue weighted by molar-refractivity contribution is 7.91. The Kier molecular flexibility index (Phi) is 5.55. The molecule has 1 saturated heterocycles. The van der Waals surface area contributed by atoms with E-state index in [9.17, 15) is 18.3 Å². The molecular weight excluding hydrogens is 328 g/mol. The topological polar surface area (TPSA) is 86.7 Å². The monoisotopic (exact) mass is 354 g/mol. The number of aliphatic hydroxyl groups is 1. The summed E-state index contributed by atoms with van der Waals surface area (Å²) in [6.07, 6.45) is 0.417. The number of hydrogen-bond donors (Lipinski definition) is 2. The molecule has 1 aliphatic heterocycles. The summed E-state index contributed by atoms with van der Waals surface area (Å²) in [6.45, 7) is 5.72. The molecule has 0 aromatic heterocycles. The molecular formula is C17H26N2O4S. The number of rotatable bonds is 5. The molecule has 0 unspecified atom stereocenters. The zero-order chi connectivity index (χ0) is 18.0. The van der Waals surface area contributed by atoms with Crippen LogP contribution >= 0.6 is 0 Å². The van der Waals surface area contributed by atoms with Gasteiger partial charge in [0.25, 0.3) is 0 Å². The first kappa shape index (κ1) is 18.7. The van der Waals surface area contributed by atoms with Crippen molar-refractivity contribution >= 4 is 15.9 Å². The second-order valence-electron chi connectivity index (χ2n) is 6.90. The van der Waals surface area contributed by atoms with Crippen LogP contribution in [-0.4, -0.2) is 55.2 Å². The third-order valence-corrected chi connectivity index (χ3v) is 6.19. The fourth-order valence-electron chi connectivity index (χ4n) is 2.96. The van der Waals surface area contributed by atoms with Crippen LogP contribution in [0.4, 0.5) is 4.79 Å². The largest absolute Gasteiger partial charge is 0.395 e. The molecule has 0 radical (unpaired) electrons. The lowest BCUT2D eigenvalue weighted by molar-refractivity contribution is 0.150. The molecule has 1 atom stereocenters. The summed E-state index contributed by atoms with van der Waals surface area (Å²) in [5.74, 6) is 0.0552. The number of aliphatic hydroxyl groups excluding tert-OH is 1. The van der Waals surface area contributed by atoms with Crippen molar-refractivity contribution in [1.29, 1.82) is 0 Å². The Balaban J connectivity index is 2.13. The Bertz CT molecular complexity index is 683. The van der Waals surface area contributed by atoms with Crippen LogP contribution in [0.15, 0.2) is 24.3 Å². The maximum Gasteiger partial charge on any atom is 0.318 e. The van der Waals surface area contributed by atoms with Crippen LogP contribution in [0, 0.1) is 6.92 Å². The predicted molar refractivity (Wildman–Crippen MR) is 93.6 cm³/mol. The molecule has 134 valence electrons. The number of urea groups is 1. The van der Waals surface area contributed by atoms with Gasteiger partial charge in [-0.05, 0) is 32.8 Å². The minimum Gasteiger partial charge on any atom is -0.395 e. The van der Waals surface area contributed by atoms with E-state index in [0.717, 1.165) is 11.1 Å². The molecule has 6 nitrogen and oxygen atoms in total. The van der Waals surface area contributed by atoms with Crippen molar-refractivity contribution in [3.05, 3.63) is 35.4 Å². The van der Waals surface area contributed by atoms with Crippen molar-refractivity contribution < 1.29 is 18.3 Å². The van der Waals surface area contributed by atoms with Crippen LogP contribution in [-0.2, 0) is 15.4 Å². The van der Waals surface area contributed by atoms with E-state index in [1.165, 1.54) is 4.90 Å². The number of hydrogen-bond acceptors (Lipinski definition) is 4. The van der Waals surface area contributed by atoms with E-state index in [1.54, 1.807) is 0 Å². The van der Waals surface area contributed by atoms with Gasteiger partial charge in [0, 0.05) is 12.6 Å². The summed E-state index contributed by atoms with van der Waals surface area (Å²) in [5, 5.41) is 12.2. The lowest BCUT2D eigenvalue weighted by atomic mass is 9.93. The lowest BCUT2D eigenvalue weighted by Crippen LogP contribution is -2.53. The number of aryl methyl sites for hydroxylation is 1. The molecule has 0 spiro atoms. The van der Waals surface area contributed by atoms with E-state index in [0.29, 0.717) is 6.42 Å². The van der Waals surface area contributed by atoms with Gasteiger partial charge in [-0.2, -0.15) is 0 Å². The van der Waals surface area contributed by atoms with Crippen LogP contribution < -0.4 is 5.32 Å². The molecule has 1 heterocycles. The Morgan fingerprint density at radius 1 is 1.33 bits per heavy atom. The molecule has 2 amide bonds. The van der Waals surface area contributed by atoms with Gasteiger partial charge in [-0.3, -0.25) is 0 Å². The van der Waals surface area contributed by atoms with Crippen LogP contribution in [0.2, 0.25) is 0 Å². The first-order valence-electron chi connectivity index (χ1n) is 8.12. The van der Waals surface area contributed by atoms with Crippen molar-refractivity contribution in [2.75, 3.05) is 24.7 Å². The van der Waals surface area contributed by atoms with Gasteiger partial charge in [-0.15, -0.1) is 0 Å². The molecule has 0 saturated carbocycles. The average molecular weight is 354 g/mol. The number of nitrogens with zero attached hydrogens (tertiary/aromatic N) is 1. The van der Waals surface area contributed by atoms with E-state index >= 15 is 0 Å². The van der Waals surface area contributed by atoms with E-state index < -0.39 is 15.4 Å². The van der Waals surface area contributed by atoms with Crippen LogP contribution in [0.25, 0.3) is 0 Å². The summed E-state index contributed by atoms with van der Waals surface area (Å²) >= 11 is 0. The van der Waals surface area contributed by atoms with Crippen LogP contribution in [0.5, 0.6) is 0 Å². The van der Waals surface area contributed by atoms with Gasteiger partial charge in [-0.25, -0.2) is 13.2 Å². The Morgan fingerprint density at radius 3 is 2.46 bits per heavy atom. The molecule has 24 heavy (non-hydrogen) atoms. The Morgan fingerprint density at radius 2 is 1.96 bits per heavy atom. The SMILES string of the molecule is Cc1ccc(C(C)(C)NC(=O)N(CCO)[C@@H]2CCS(=O)(=O)C2)cc1. The number of amides is 2. The summed E-state index contributed by atoms with van der Waals surface area (Å²) in [5.41, 5.74) is 1.50. The molecule has 1 fully saturated rings. The van der Waals surface area contributed by atoms with Crippen LogP contribution in [0.3, 0.4) is 0 Å². The van der Waals surface area contributed by atoms with Gasteiger partial charge in [-0.1, -0.05) is 29.8 Å². The Hall–Kier alpha value is -1.60. The number of nitrogens with one attached hydrogen (secondary N) is 1. The highest BCUT2D eigenvalue weighted by Gasteiger charge is 2.36. The third-order valence-electron chi connectivity index (χ3n) is 4.44.